The quantitative estimate of drug-likeness (QED) is 0.803. The zero-order chi connectivity index (χ0) is 15.9. The van der Waals surface area contributed by atoms with Crippen LogP contribution in [0.5, 0.6) is 0 Å². The van der Waals surface area contributed by atoms with Crippen LogP contribution >= 0.6 is 0 Å². The lowest BCUT2D eigenvalue weighted by atomic mass is 10.2. The Morgan fingerprint density at radius 3 is 2.45 bits per heavy atom. The molecule has 5 heteroatoms. The number of likely N-dealkylation sites (tertiary alicyclic amines) is 1. The molecule has 1 amide bonds. The number of carbonyl (C=O) groups is 2. The number of hydrogen-bond donors (Lipinski definition) is 0. The van der Waals surface area contributed by atoms with E-state index in [2.05, 4.69) is 4.57 Å². The lowest BCUT2D eigenvalue weighted by molar-refractivity contribution is -0.138. The zero-order valence-electron chi connectivity index (χ0n) is 13.6. The maximum absolute atomic E-state index is 12.4. The summed E-state index contributed by atoms with van der Waals surface area (Å²) in [7, 11) is 0. The van der Waals surface area contributed by atoms with Crippen LogP contribution in [0.15, 0.2) is 6.07 Å². The highest BCUT2D eigenvalue weighted by atomic mass is 16.5. The molecule has 1 aromatic rings. The van der Waals surface area contributed by atoms with Gasteiger partial charge in [0, 0.05) is 30.5 Å². The van der Waals surface area contributed by atoms with E-state index in [9.17, 15) is 9.59 Å². The van der Waals surface area contributed by atoms with Gasteiger partial charge in [-0.05, 0) is 52.5 Å². The highest BCUT2D eigenvalue weighted by Gasteiger charge is 2.31. The number of esters is 1. The van der Waals surface area contributed by atoms with Gasteiger partial charge in [-0.1, -0.05) is 0 Å². The van der Waals surface area contributed by atoms with Crippen LogP contribution < -0.4 is 0 Å². The minimum atomic E-state index is -0.713. The third-order valence-electron chi connectivity index (χ3n) is 4.67. The van der Waals surface area contributed by atoms with Crippen LogP contribution in [0.3, 0.4) is 0 Å². The fourth-order valence-corrected chi connectivity index (χ4v) is 3.35. The topological polar surface area (TPSA) is 51.5 Å². The summed E-state index contributed by atoms with van der Waals surface area (Å²) in [5, 5.41) is 0. The Labute approximate surface area is 131 Å². The summed E-state index contributed by atoms with van der Waals surface area (Å²) in [6, 6.07) is 2.41. The molecule has 0 aromatic carbocycles. The summed E-state index contributed by atoms with van der Waals surface area (Å²) < 4.78 is 7.63. The minimum Gasteiger partial charge on any atom is -0.449 e. The first-order valence-electron chi connectivity index (χ1n) is 8.17. The molecule has 1 aliphatic heterocycles. The Morgan fingerprint density at radius 1 is 1.23 bits per heavy atom. The Morgan fingerprint density at radius 2 is 1.86 bits per heavy atom. The SMILES string of the molecule is Cc1cc(C(=O)O[C@@H](C)C(=O)N2CCCC2)c(C)n1C1CC1. The van der Waals surface area contributed by atoms with Crippen LogP contribution in [0.4, 0.5) is 0 Å². The highest BCUT2D eigenvalue weighted by molar-refractivity contribution is 5.93. The van der Waals surface area contributed by atoms with E-state index in [0.717, 1.165) is 37.3 Å². The molecule has 0 spiro atoms. The van der Waals surface area contributed by atoms with E-state index in [-0.39, 0.29) is 11.9 Å². The summed E-state index contributed by atoms with van der Waals surface area (Å²) >= 11 is 0. The van der Waals surface area contributed by atoms with Gasteiger partial charge >= 0.3 is 5.97 Å². The molecule has 0 radical (unpaired) electrons. The predicted octanol–water partition coefficient (Wildman–Crippen LogP) is 2.61. The second kappa shape index (κ2) is 5.78. The number of aromatic nitrogens is 1. The Bertz CT molecular complexity index is 595. The second-order valence-electron chi connectivity index (χ2n) is 6.47. The van der Waals surface area contributed by atoms with Crippen LogP contribution in [0.25, 0.3) is 0 Å². The van der Waals surface area contributed by atoms with Crippen molar-refractivity contribution in [2.75, 3.05) is 13.1 Å². The molecule has 1 saturated carbocycles. The minimum absolute atomic E-state index is 0.0816. The molecule has 1 aromatic heterocycles. The molecule has 0 N–H and O–H groups in total. The first-order valence-corrected chi connectivity index (χ1v) is 8.17. The molecule has 2 fully saturated rings. The lowest BCUT2D eigenvalue weighted by Gasteiger charge is -2.20. The lowest BCUT2D eigenvalue weighted by Crippen LogP contribution is -2.38. The zero-order valence-corrected chi connectivity index (χ0v) is 13.6. The van der Waals surface area contributed by atoms with E-state index in [1.165, 1.54) is 12.8 Å². The number of aryl methyl sites for hydroxylation is 1. The van der Waals surface area contributed by atoms with E-state index >= 15 is 0 Å². The number of carbonyl (C=O) groups excluding carboxylic acids is 2. The second-order valence-corrected chi connectivity index (χ2v) is 6.47. The van der Waals surface area contributed by atoms with Gasteiger partial charge in [-0.25, -0.2) is 4.79 Å². The molecule has 0 unspecified atom stereocenters. The number of nitrogens with zero attached hydrogens (tertiary/aromatic N) is 2. The highest BCUT2D eigenvalue weighted by Crippen LogP contribution is 2.38. The van der Waals surface area contributed by atoms with Crippen molar-refractivity contribution in [3.63, 3.8) is 0 Å². The molecular weight excluding hydrogens is 280 g/mol. The first kappa shape index (κ1) is 15.1. The van der Waals surface area contributed by atoms with Crippen molar-refractivity contribution in [1.29, 1.82) is 0 Å². The standard InChI is InChI=1S/C17H24N2O3/c1-11-10-15(12(2)19(11)14-6-7-14)17(21)22-13(3)16(20)18-8-4-5-9-18/h10,13-14H,4-9H2,1-3H3/t13-/m0/s1. The Balaban J connectivity index is 1.69. The average Bonchev–Trinajstić information content (AvgIpc) is 3.06. The van der Waals surface area contributed by atoms with Crippen molar-refractivity contribution in [2.45, 2.75) is 58.6 Å². The van der Waals surface area contributed by atoms with E-state index in [1.807, 2.05) is 19.9 Å². The van der Waals surface area contributed by atoms with Crippen molar-refractivity contribution >= 4 is 11.9 Å². The fraction of sp³-hybridized carbons (Fsp3) is 0.647. The molecule has 0 bridgehead atoms. The van der Waals surface area contributed by atoms with Crippen LogP contribution in [-0.4, -0.2) is 40.5 Å². The van der Waals surface area contributed by atoms with Crippen LogP contribution in [0.1, 0.15) is 60.4 Å². The van der Waals surface area contributed by atoms with Crippen LogP contribution in [0, 0.1) is 13.8 Å². The number of hydrogen-bond acceptors (Lipinski definition) is 3. The predicted molar refractivity (Wildman–Crippen MR) is 82.9 cm³/mol. The number of amides is 1. The third kappa shape index (κ3) is 2.76. The van der Waals surface area contributed by atoms with Gasteiger partial charge in [0.1, 0.15) is 0 Å². The van der Waals surface area contributed by atoms with Crippen LogP contribution in [-0.2, 0) is 9.53 Å². The van der Waals surface area contributed by atoms with E-state index < -0.39 is 6.10 Å². The van der Waals surface area contributed by atoms with Gasteiger partial charge < -0.3 is 14.2 Å². The summed E-state index contributed by atoms with van der Waals surface area (Å²) in [4.78, 5) is 26.4. The summed E-state index contributed by atoms with van der Waals surface area (Å²) in [6.07, 6.45) is 3.71. The van der Waals surface area contributed by atoms with Crippen molar-refractivity contribution in [3.05, 3.63) is 23.0 Å². The van der Waals surface area contributed by atoms with Crippen molar-refractivity contribution in [2.24, 2.45) is 0 Å². The molecule has 2 heterocycles. The average molecular weight is 304 g/mol. The summed E-state index contributed by atoms with van der Waals surface area (Å²) in [5.74, 6) is -0.470. The summed E-state index contributed by atoms with van der Waals surface area (Å²) in [6.45, 7) is 7.18. The van der Waals surface area contributed by atoms with Gasteiger partial charge in [0.25, 0.3) is 5.91 Å². The molecule has 3 rings (SSSR count). The molecule has 22 heavy (non-hydrogen) atoms. The molecular formula is C17H24N2O3. The smallest absolute Gasteiger partial charge is 0.340 e. The monoisotopic (exact) mass is 304 g/mol. The van der Waals surface area contributed by atoms with Gasteiger partial charge in [-0.3, -0.25) is 4.79 Å². The van der Waals surface area contributed by atoms with Gasteiger partial charge in [-0.15, -0.1) is 0 Å². The molecule has 1 atom stereocenters. The Kier molecular flexibility index (Phi) is 3.98. The number of rotatable bonds is 4. The maximum Gasteiger partial charge on any atom is 0.340 e. The van der Waals surface area contributed by atoms with Gasteiger partial charge in [-0.2, -0.15) is 0 Å². The maximum atomic E-state index is 12.4. The Hall–Kier alpha value is -1.78. The van der Waals surface area contributed by atoms with Crippen molar-refractivity contribution in [1.82, 2.24) is 9.47 Å². The number of ether oxygens (including phenoxy) is 1. The largest absolute Gasteiger partial charge is 0.449 e. The van der Waals surface area contributed by atoms with E-state index in [4.69, 9.17) is 4.74 Å². The molecule has 120 valence electrons. The van der Waals surface area contributed by atoms with Gasteiger partial charge in [0.15, 0.2) is 6.10 Å². The van der Waals surface area contributed by atoms with E-state index in [0.29, 0.717) is 11.6 Å². The van der Waals surface area contributed by atoms with Gasteiger partial charge in [0.05, 0.1) is 5.56 Å². The van der Waals surface area contributed by atoms with Gasteiger partial charge in [0.2, 0.25) is 0 Å². The normalized spacial score (nSPS) is 19.3. The molecule has 1 saturated heterocycles. The molecule has 2 aliphatic rings. The molecule has 5 nitrogen and oxygen atoms in total. The summed E-state index contributed by atoms with van der Waals surface area (Å²) in [5.41, 5.74) is 2.63. The first-order chi connectivity index (χ1) is 10.5. The third-order valence-corrected chi connectivity index (χ3v) is 4.67. The van der Waals surface area contributed by atoms with Crippen molar-refractivity contribution in [3.8, 4) is 0 Å². The fourth-order valence-electron chi connectivity index (χ4n) is 3.35. The van der Waals surface area contributed by atoms with Crippen LogP contribution in [0.2, 0.25) is 0 Å². The van der Waals surface area contributed by atoms with Crippen molar-refractivity contribution < 1.29 is 14.3 Å². The molecule has 1 aliphatic carbocycles. The van der Waals surface area contributed by atoms with E-state index in [1.54, 1.807) is 11.8 Å².